The molecule has 1 aliphatic rings. The topological polar surface area (TPSA) is 62.6 Å². The minimum absolute atomic E-state index is 0.259. The van der Waals surface area contributed by atoms with Crippen molar-refractivity contribution in [3.8, 4) is 0 Å². The predicted molar refractivity (Wildman–Crippen MR) is 77.7 cm³/mol. The molecular weight excluding hydrogens is 256 g/mol. The van der Waals surface area contributed by atoms with E-state index in [1.54, 1.807) is 6.20 Å². The predicted octanol–water partition coefficient (Wildman–Crippen LogP) is 0.115. The standard InChI is InChI=1S/C14H26N4O2/c1-12(13(2)18-5-3-4-16-18)15-10-14(19)11-17-6-8-20-9-7-17/h3-5,12-15,19H,6-11H2,1-2H3. The highest BCUT2D eigenvalue weighted by atomic mass is 16.5. The second kappa shape index (κ2) is 7.73. The third-order valence-corrected chi connectivity index (χ3v) is 3.91. The van der Waals surface area contributed by atoms with Gasteiger partial charge in [-0.1, -0.05) is 0 Å². The summed E-state index contributed by atoms with van der Waals surface area (Å²) >= 11 is 0. The van der Waals surface area contributed by atoms with E-state index in [1.165, 1.54) is 0 Å². The van der Waals surface area contributed by atoms with Crippen molar-refractivity contribution in [3.05, 3.63) is 18.5 Å². The van der Waals surface area contributed by atoms with Crippen molar-refractivity contribution in [1.82, 2.24) is 20.0 Å². The van der Waals surface area contributed by atoms with Crippen LogP contribution in [0.5, 0.6) is 0 Å². The van der Waals surface area contributed by atoms with Crippen LogP contribution in [0, 0.1) is 0 Å². The molecule has 114 valence electrons. The molecule has 2 N–H and O–H groups in total. The van der Waals surface area contributed by atoms with Gasteiger partial charge in [-0.25, -0.2) is 0 Å². The van der Waals surface area contributed by atoms with Crippen molar-refractivity contribution in [2.75, 3.05) is 39.4 Å². The zero-order valence-electron chi connectivity index (χ0n) is 12.4. The van der Waals surface area contributed by atoms with E-state index in [1.807, 2.05) is 16.9 Å². The number of nitrogens with one attached hydrogen (secondary N) is 1. The van der Waals surface area contributed by atoms with Gasteiger partial charge in [0.05, 0.1) is 25.4 Å². The normalized spacial score (nSPS) is 21.6. The Balaban J connectivity index is 1.68. The first-order valence-electron chi connectivity index (χ1n) is 7.37. The van der Waals surface area contributed by atoms with Crippen molar-refractivity contribution >= 4 is 0 Å². The van der Waals surface area contributed by atoms with E-state index in [4.69, 9.17) is 4.74 Å². The highest BCUT2D eigenvalue weighted by Gasteiger charge is 2.18. The van der Waals surface area contributed by atoms with Crippen LogP contribution in [0.25, 0.3) is 0 Å². The molecule has 1 fully saturated rings. The lowest BCUT2D eigenvalue weighted by atomic mass is 10.1. The van der Waals surface area contributed by atoms with Gasteiger partial charge in [-0.15, -0.1) is 0 Å². The summed E-state index contributed by atoms with van der Waals surface area (Å²) in [4.78, 5) is 2.25. The van der Waals surface area contributed by atoms with Gasteiger partial charge in [-0.2, -0.15) is 5.10 Å². The van der Waals surface area contributed by atoms with Crippen molar-refractivity contribution in [2.45, 2.75) is 32.0 Å². The molecule has 0 aromatic carbocycles. The molecule has 0 saturated carbocycles. The first-order valence-corrected chi connectivity index (χ1v) is 7.37. The lowest BCUT2D eigenvalue weighted by Crippen LogP contribution is -2.46. The van der Waals surface area contributed by atoms with E-state index in [2.05, 4.69) is 29.2 Å². The zero-order chi connectivity index (χ0) is 14.4. The first-order chi connectivity index (χ1) is 9.66. The molecule has 0 amide bonds. The first kappa shape index (κ1) is 15.4. The molecule has 1 saturated heterocycles. The Labute approximate surface area is 120 Å². The Morgan fingerprint density at radius 3 is 2.75 bits per heavy atom. The Hall–Kier alpha value is -0.950. The average molecular weight is 282 g/mol. The van der Waals surface area contributed by atoms with Crippen LogP contribution < -0.4 is 5.32 Å². The highest BCUT2D eigenvalue weighted by molar-refractivity contribution is 4.84. The van der Waals surface area contributed by atoms with Crippen LogP contribution in [0.2, 0.25) is 0 Å². The number of β-amino-alcohol motifs (C(OH)–C–C–N with tert-alkyl or cyclic N) is 1. The summed E-state index contributed by atoms with van der Waals surface area (Å²) in [5.74, 6) is 0. The molecule has 1 aliphatic heterocycles. The summed E-state index contributed by atoms with van der Waals surface area (Å²) in [5.41, 5.74) is 0. The molecule has 0 aliphatic carbocycles. The smallest absolute Gasteiger partial charge is 0.0791 e. The average Bonchev–Trinajstić information content (AvgIpc) is 2.99. The molecule has 6 nitrogen and oxygen atoms in total. The van der Waals surface area contributed by atoms with Gasteiger partial charge in [-0.05, 0) is 19.9 Å². The van der Waals surface area contributed by atoms with E-state index in [0.717, 1.165) is 26.3 Å². The number of nitrogens with zero attached hydrogens (tertiary/aromatic N) is 3. The van der Waals surface area contributed by atoms with Gasteiger partial charge in [-0.3, -0.25) is 9.58 Å². The molecule has 1 aromatic rings. The monoisotopic (exact) mass is 282 g/mol. The van der Waals surface area contributed by atoms with Gasteiger partial charge in [0.1, 0.15) is 0 Å². The number of hydrogen-bond donors (Lipinski definition) is 2. The number of rotatable bonds is 7. The number of morpholine rings is 1. The summed E-state index contributed by atoms with van der Waals surface area (Å²) < 4.78 is 7.24. The summed E-state index contributed by atoms with van der Waals surface area (Å²) in [6.45, 7) is 8.92. The molecule has 2 rings (SSSR count). The number of aliphatic hydroxyl groups excluding tert-OH is 1. The minimum atomic E-state index is -0.347. The fraction of sp³-hybridized carbons (Fsp3) is 0.786. The van der Waals surface area contributed by atoms with Gasteiger partial charge < -0.3 is 15.2 Å². The number of aliphatic hydroxyl groups is 1. The Bertz CT molecular complexity index is 365. The van der Waals surface area contributed by atoms with Gasteiger partial charge in [0, 0.05) is 44.6 Å². The van der Waals surface area contributed by atoms with Crippen LogP contribution in [0.1, 0.15) is 19.9 Å². The largest absolute Gasteiger partial charge is 0.390 e. The molecule has 1 aromatic heterocycles. The van der Waals surface area contributed by atoms with Crippen LogP contribution in [-0.4, -0.2) is 71.3 Å². The second-order valence-corrected chi connectivity index (χ2v) is 5.49. The summed E-state index contributed by atoms with van der Waals surface area (Å²) in [5, 5.41) is 17.7. The second-order valence-electron chi connectivity index (χ2n) is 5.49. The molecule has 2 heterocycles. The van der Waals surface area contributed by atoms with E-state index >= 15 is 0 Å². The third kappa shape index (κ3) is 4.56. The van der Waals surface area contributed by atoms with E-state index in [9.17, 15) is 5.11 Å². The fourth-order valence-electron chi connectivity index (χ4n) is 2.39. The minimum Gasteiger partial charge on any atom is -0.390 e. The van der Waals surface area contributed by atoms with Crippen LogP contribution >= 0.6 is 0 Å². The van der Waals surface area contributed by atoms with Crippen molar-refractivity contribution in [2.24, 2.45) is 0 Å². The van der Waals surface area contributed by atoms with Crippen LogP contribution in [-0.2, 0) is 4.74 Å². The molecule has 3 unspecified atom stereocenters. The highest BCUT2D eigenvalue weighted by Crippen LogP contribution is 2.09. The summed E-state index contributed by atoms with van der Waals surface area (Å²) in [6, 6.07) is 2.45. The maximum atomic E-state index is 10.1. The summed E-state index contributed by atoms with van der Waals surface area (Å²) in [7, 11) is 0. The summed E-state index contributed by atoms with van der Waals surface area (Å²) in [6.07, 6.45) is 3.41. The van der Waals surface area contributed by atoms with Crippen molar-refractivity contribution in [1.29, 1.82) is 0 Å². The quantitative estimate of drug-likeness (QED) is 0.743. The lowest BCUT2D eigenvalue weighted by Gasteiger charge is -2.29. The molecule has 0 radical (unpaired) electrons. The number of hydrogen-bond acceptors (Lipinski definition) is 5. The Kier molecular flexibility index (Phi) is 5.97. The number of aromatic nitrogens is 2. The maximum Gasteiger partial charge on any atom is 0.0791 e. The van der Waals surface area contributed by atoms with Crippen LogP contribution in [0.15, 0.2) is 18.5 Å². The van der Waals surface area contributed by atoms with Crippen LogP contribution in [0.3, 0.4) is 0 Å². The van der Waals surface area contributed by atoms with Gasteiger partial charge in [0.2, 0.25) is 0 Å². The lowest BCUT2D eigenvalue weighted by molar-refractivity contribution is 0.0143. The Morgan fingerprint density at radius 1 is 1.35 bits per heavy atom. The van der Waals surface area contributed by atoms with Crippen LogP contribution in [0.4, 0.5) is 0 Å². The van der Waals surface area contributed by atoms with E-state index < -0.39 is 0 Å². The molecule has 0 bridgehead atoms. The molecule has 6 heteroatoms. The maximum absolute atomic E-state index is 10.1. The van der Waals surface area contributed by atoms with Gasteiger partial charge in [0.25, 0.3) is 0 Å². The SMILES string of the molecule is CC(NCC(O)CN1CCOCC1)C(C)n1cccn1. The molecule has 0 spiro atoms. The van der Waals surface area contributed by atoms with E-state index in [-0.39, 0.29) is 18.2 Å². The molecule has 20 heavy (non-hydrogen) atoms. The molecular formula is C14H26N4O2. The zero-order valence-corrected chi connectivity index (χ0v) is 12.4. The Morgan fingerprint density at radius 2 is 2.10 bits per heavy atom. The van der Waals surface area contributed by atoms with Gasteiger partial charge >= 0.3 is 0 Å². The van der Waals surface area contributed by atoms with Crippen molar-refractivity contribution in [3.63, 3.8) is 0 Å². The van der Waals surface area contributed by atoms with Gasteiger partial charge in [0.15, 0.2) is 0 Å². The molecule has 3 atom stereocenters. The fourth-order valence-corrected chi connectivity index (χ4v) is 2.39. The third-order valence-electron chi connectivity index (χ3n) is 3.91. The van der Waals surface area contributed by atoms with E-state index in [0.29, 0.717) is 13.1 Å². The number of ether oxygens (including phenoxy) is 1. The van der Waals surface area contributed by atoms with Crippen molar-refractivity contribution < 1.29 is 9.84 Å².